The minimum Gasteiger partial charge on any atom is -0.484 e. The van der Waals surface area contributed by atoms with Gasteiger partial charge in [0.25, 0.3) is 5.91 Å². The lowest BCUT2D eigenvalue weighted by molar-refractivity contribution is -0.120. The van der Waals surface area contributed by atoms with Crippen molar-refractivity contribution in [1.29, 1.82) is 5.26 Å². The molecule has 0 N–H and O–H groups in total. The molecule has 0 saturated heterocycles. The van der Waals surface area contributed by atoms with Gasteiger partial charge in [0.1, 0.15) is 11.6 Å². The fourth-order valence-electron chi connectivity index (χ4n) is 2.00. The minimum absolute atomic E-state index is 0.0704. The standard InChI is InChI=1S/C17H13Cl2FN2O2/c18-13-7-6-12(10-14(13)19)24-11-17(23)22(9-3-8-21)16-5-2-1-4-15(16)20/h1-2,4-7,10H,3,9,11H2. The number of halogens is 3. The Hall–Kier alpha value is -2.29. The first kappa shape index (κ1) is 18.1. The van der Waals surface area contributed by atoms with E-state index in [1.807, 2.05) is 6.07 Å². The molecule has 0 atom stereocenters. The third-order valence-corrected chi connectivity index (χ3v) is 3.88. The van der Waals surface area contributed by atoms with Gasteiger partial charge in [-0.3, -0.25) is 4.79 Å². The molecule has 0 aliphatic heterocycles. The van der Waals surface area contributed by atoms with Crippen LogP contribution in [-0.4, -0.2) is 19.1 Å². The summed E-state index contributed by atoms with van der Waals surface area (Å²) in [5.74, 6) is -0.647. The second-order valence-corrected chi connectivity index (χ2v) is 5.58. The summed E-state index contributed by atoms with van der Waals surface area (Å²) in [5.41, 5.74) is 0.107. The Morgan fingerprint density at radius 1 is 1.21 bits per heavy atom. The van der Waals surface area contributed by atoms with Gasteiger partial charge in [-0.05, 0) is 24.3 Å². The summed E-state index contributed by atoms with van der Waals surface area (Å²) in [6.45, 7) is -0.251. The fourth-order valence-corrected chi connectivity index (χ4v) is 2.29. The van der Waals surface area contributed by atoms with Crippen molar-refractivity contribution in [2.75, 3.05) is 18.1 Å². The molecule has 0 bridgehead atoms. The largest absolute Gasteiger partial charge is 0.484 e. The maximum absolute atomic E-state index is 13.9. The molecule has 24 heavy (non-hydrogen) atoms. The Labute approximate surface area is 149 Å². The molecule has 0 radical (unpaired) electrons. The van der Waals surface area contributed by atoms with Gasteiger partial charge in [0.15, 0.2) is 6.61 Å². The van der Waals surface area contributed by atoms with Crippen LogP contribution in [0.1, 0.15) is 6.42 Å². The average molecular weight is 367 g/mol. The van der Waals surface area contributed by atoms with Crippen LogP contribution in [0.3, 0.4) is 0 Å². The van der Waals surface area contributed by atoms with Gasteiger partial charge >= 0.3 is 0 Å². The number of rotatable bonds is 6. The summed E-state index contributed by atoms with van der Waals surface area (Å²) in [6.07, 6.45) is 0.0762. The molecule has 0 saturated carbocycles. The van der Waals surface area contributed by atoms with E-state index in [1.165, 1.54) is 29.2 Å². The van der Waals surface area contributed by atoms with Gasteiger partial charge in [-0.1, -0.05) is 35.3 Å². The van der Waals surface area contributed by atoms with Crippen molar-refractivity contribution in [3.63, 3.8) is 0 Å². The van der Waals surface area contributed by atoms with E-state index in [1.54, 1.807) is 18.2 Å². The van der Waals surface area contributed by atoms with E-state index < -0.39 is 11.7 Å². The number of anilines is 1. The van der Waals surface area contributed by atoms with Crippen LogP contribution in [0.4, 0.5) is 10.1 Å². The van der Waals surface area contributed by atoms with Gasteiger partial charge in [-0.15, -0.1) is 0 Å². The third-order valence-electron chi connectivity index (χ3n) is 3.14. The van der Waals surface area contributed by atoms with Crippen LogP contribution in [0.25, 0.3) is 0 Å². The van der Waals surface area contributed by atoms with E-state index in [-0.39, 0.29) is 25.3 Å². The van der Waals surface area contributed by atoms with E-state index in [2.05, 4.69) is 0 Å². The first-order valence-corrected chi connectivity index (χ1v) is 7.78. The number of carbonyl (C=O) groups is 1. The topological polar surface area (TPSA) is 53.3 Å². The quantitative estimate of drug-likeness (QED) is 0.758. The molecule has 4 nitrogen and oxygen atoms in total. The van der Waals surface area contributed by atoms with Crippen molar-refractivity contribution >= 4 is 34.8 Å². The summed E-state index contributed by atoms with van der Waals surface area (Å²) in [6, 6.07) is 12.4. The Morgan fingerprint density at radius 2 is 1.96 bits per heavy atom. The number of ether oxygens (including phenoxy) is 1. The van der Waals surface area contributed by atoms with Crippen LogP contribution in [0.5, 0.6) is 5.75 Å². The summed E-state index contributed by atoms with van der Waals surface area (Å²) >= 11 is 11.7. The third kappa shape index (κ3) is 4.60. The zero-order valence-corrected chi connectivity index (χ0v) is 14.0. The van der Waals surface area contributed by atoms with Crippen molar-refractivity contribution < 1.29 is 13.9 Å². The first-order valence-electron chi connectivity index (χ1n) is 7.02. The van der Waals surface area contributed by atoms with Crippen LogP contribution in [-0.2, 0) is 4.79 Å². The van der Waals surface area contributed by atoms with E-state index in [0.29, 0.717) is 15.8 Å². The van der Waals surface area contributed by atoms with E-state index in [9.17, 15) is 9.18 Å². The summed E-state index contributed by atoms with van der Waals surface area (Å²) < 4.78 is 19.3. The second-order valence-electron chi connectivity index (χ2n) is 4.77. The normalized spacial score (nSPS) is 10.1. The molecule has 0 aliphatic carbocycles. The highest BCUT2D eigenvalue weighted by molar-refractivity contribution is 6.42. The summed E-state index contributed by atoms with van der Waals surface area (Å²) in [4.78, 5) is 13.6. The van der Waals surface area contributed by atoms with Crippen LogP contribution in [0.2, 0.25) is 10.0 Å². The number of nitrogens with zero attached hydrogens (tertiary/aromatic N) is 2. The van der Waals surface area contributed by atoms with Crippen LogP contribution >= 0.6 is 23.2 Å². The van der Waals surface area contributed by atoms with Gasteiger partial charge in [0, 0.05) is 12.6 Å². The van der Waals surface area contributed by atoms with Crippen molar-refractivity contribution in [3.05, 3.63) is 58.3 Å². The molecule has 7 heteroatoms. The van der Waals surface area contributed by atoms with E-state index in [0.717, 1.165) is 0 Å². The number of nitriles is 1. The van der Waals surface area contributed by atoms with E-state index >= 15 is 0 Å². The predicted molar refractivity (Wildman–Crippen MR) is 90.9 cm³/mol. The molecule has 1 amide bonds. The SMILES string of the molecule is N#CCCN(C(=O)COc1ccc(Cl)c(Cl)c1)c1ccccc1F. The van der Waals surface area contributed by atoms with Gasteiger partial charge in [-0.2, -0.15) is 5.26 Å². The number of para-hydroxylation sites is 1. The first-order chi connectivity index (χ1) is 11.5. The highest BCUT2D eigenvalue weighted by Crippen LogP contribution is 2.26. The van der Waals surface area contributed by atoms with Gasteiger partial charge in [0.2, 0.25) is 0 Å². The molecule has 0 spiro atoms. The number of amides is 1. The van der Waals surface area contributed by atoms with Crippen molar-refractivity contribution in [3.8, 4) is 11.8 Å². The molecule has 0 unspecified atom stereocenters. The van der Waals surface area contributed by atoms with Crippen LogP contribution in [0.15, 0.2) is 42.5 Å². The zero-order valence-electron chi connectivity index (χ0n) is 12.5. The minimum atomic E-state index is -0.543. The number of hydrogen-bond donors (Lipinski definition) is 0. The van der Waals surface area contributed by atoms with Crippen molar-refractivity contribution in [2.24, 2.45) is 0 Å². The Bertz CT molecular complexity index is 777. The lowest BCUT2D eigenvalue weighted by Crippen LogP contribution is -2.36. The monoisotopic (exact) mass is 366 g/mol. The predicted octanol–water partition coefficient (Wildman–Crippen LogP) is 4.46. The molecule has 2 rings (SSSR count). The Morgan fingerprint density at radius 3 is 2.62 bits per heavy atom. The maximum atomic E-state index is 13.9. The Balaban J connectivity index is 2.11. The molecular formula is C17H13Cl2FN2O2. The van der Waals surface area contributed by atoms with Gasteiger partial charge in [0.05, 0.1) is 28.2 Å². The van der Waals surface area contributed by atoms with Gasteiger partial charge < -0.3 is 9.64 Å². The molecule has 0 heterocycles. The van der Waals surface area contributed by atoms with Crippen molar-refractivity contribution in [1.82, 2.24) is 0 Å². The number of benzene rings is 2. The Kier molecular flexibility index (Phi) is 6.42. The molecule has 0 aliphatic rings. The number of carbonyl (C=O) groups excluding carboxylic acids is 1. The molecular weight excluding hydrogens is 354 g/mol. The molecule has 2 aromatic carbocycles. The maximum Gasteiger partial charge on any atom is 0.265 e. The molecule has 0 aromatic heterocycles. The zero-order chi connectivity index (χ0) is 17.5. The lowest BCUT2D eigenvalue weighted by atomic mass is 10.2. The average Bonchev–Trinajstić information content (AvgIpc) is 2.57. The molecule has 0 fully saturated rings. The summed E-state index contributed by atoms with van der Waals surface area (Å²) in [7, 11) is 0. The number of hydrogen-bond acceptors (Lipinski definition) is 3. The fraction of sp³-hybridized carbons (Fsp3) is 0.176. The van der Waals surface area contributed by atoms with Gasteiger partial charge in [-0.25, -0.2) is 4.39 Å². The van der Waals surface area contributed by atoms with Crippen molar-refractivity contribution in [2.45, 2.75) is 6.42 Å². The lowest BCUT2D eigenvalue weighted by Gasteiger charge is -2.22. The highest BCUT2D eigenvalue weighted by atomic mass is 35.5. The smallest absolute Gasteiger partial charge is 0.265 e. The highest BCUT2D eigenvalue weighted by Gasteiger charge is 2.19. The molecule has 2 aromatic rings. The van der Waals surface area contributed by atoms with Crippen LogP contribution < -0.4 is 9.64 Å². The second kappa shape index (κ2) is 8.53. The summed E-state index contributed by atoms with van der Waals surface area (Å²) in [5, 5.41) is 9.41. The van der Waals surface area contributed by atoms with E-state index in [4.69, 9.17) is 33.2 Å². The van der Waals surface area contributed by atoms with Crippen LogP contribution in [0, 0.1) is 17.1 Å². The molecule has 124 valence electrons.